The summed E-state index contributed by atoms with van der Waals surface area (Å²) in [4.78, 5) is 43.3. The number of hydrogen-bond acceptors (Lipinski definition) is 9. The maximum absolute atomic E-state index is 13.7. The van der Waals surface area contributed by atoms with Gasteiger partial charge in [0.2, 0.25) is 5.78 Å². The Kier molecular flexibility index (Phi) is 8.05. The molecule has 2 heterocycles. The van der Waals surface area contributed by atoms with E-state index in [1.54, 1.807) is 48.7 Å². The Morgan fingerprint density at radius 2 is 1.63 bits per heavy atom. The number of hydrogen-bond donors (Lipinski definition) is 0. The van der Waals surface area contributed by atoms with Gasteiger partial charge in [0.1, 0.15) is 5.70 Å². The van der Waals surface area contributed by atoms with Crippen LogP contribution in [0.5, 0.6) is 0 Å². The third kappa shape index (κ3) is 5.32. The molecular formula is C33H26N3O5S2-. The van der Waals surface area contributed by atoms with Crippen LogP contribution in [0.3, 0.4) is 0 Å². The van der Waals surface area contributed by atoms with Gasteiger partial charge in [0.05, 0.1) is 23.1 Å². The van der Waals surface area contributed by atoms with Gasteiger partial charge < -0.3 is 9.52 Å². The number of nitrogens with zero attached hydrogens (tertiary/aromatic N) is 3. The van der Waals surface area contributed by atoms with Gasteiger partial charge >= 0.3 is 0 Å². The number of carbonyl (C=O) groups excluding carboxylic acids is 3. The summed E-state index contributed by atoms with van der Waals surface area (Å²) in [6, 6.07) is 21.5. The summed E-state index contributed by atoms with van der Waals surface area (Å²) in [5.74, 6) is -1.28. The molecule has 10 heteroatoms. The van der Waals surface area contributed by atoms with Gasteiger partial charge in [-0.2, -0.15) is 0 Å². The number of rotatable bonds is 10. The van der Waals surface area contributed by atoms with E-state index in [2.05, 4.69) is 10.2 Å². The molecule has 3 aromatic carbocycles. The third-order valence-corrected chi connectivity index (χ3v) is 9.49. The standard InChI is InChI=1S/C33H27N3O5S2/c1-3-20(4-2)36-32(39)27-24(14-15-25(28(27)33(36)40)42-18-19-9-6-5-7-10-19)34-35-29-30(37)22-13-12-21(17-23(22)31(29)38)43-26-11-8-16-41-26/h5-17,20,38H,3-4,18H2,1-2H3/p-1. The Bertz CT molecular complexity index is 1790. The van der Waals surface area contributed by atoms with Crippen LogP contribution in [0.25, 0.3) is 5.76 Å². The number of benzene rings is 3. The number of azo groups is 1. The van der Waals surface area contributed by atoms with Gasteiger partial charge in [-0.1, -0.05) is 61.7 Å². The number of ketones is 1. The summed E-state index contributed by atoms with van der Waals surface area (Å²) >= 11 is 2.80. The van der Waals surface area contributed by atoms with E-state index in [1.165, 1.54) is 28.4 Å². The molecule has 4 aromatic rings. The molecule has 6 rings (SSSR count). The monoisotopic (exact) mass is 608 g/mol. The molecule has 2 amide bonds. The van der Waals surface area contributed by atoms with Crippen molar-refractivity contribution in [3.05, 3.63) is 113 Å². The van der Waals surface area contributed by atoms with Crippen molar-refractivity contribution in [1.29, 1.82) is 0 Å². The number of furan rings is 1. The lowest BCUT2D eigenvalue weighted by Gasteiger charge is -2.23. The smallest absolute Gasteiger partial charge is 0.264 e. The van der Waals surface area contributed by atoms with E-state index in [0.29, 0.717) is 28.6 Å². The van der Waals surface area contributed by atoms with Crippen LogP contribution in [0.15, 0.2) is 114 Å². The van der Waals surface area contributed by atoms with E-state index in [1.807, 2.05) is 44.2 Å². The zero-order chi connectivity index (χ0) is 30.1. The minimum Gasteiger partial charge on any atom is -0.870 e. The van der Waals surface area contributed by atoms with Crippen LogP contribution in [0.1, 0.15) is 68.9 Å². The summed E-state index contributed by atoms with van der Waals surface area (Å²) in [5, 5.41) is 22.2. The first-order valence-electron chi connectivity index (χ1n) is 13.9. The van der Waals surface area contributed by atoms with Crippen LogP contribution >= 0.6 is 23.5 Å². The molecule has 1 aliphatic carbocycles. The normalized spacial score (nSPS) is 14.5. The highest BCUT2D eigenvalue weighted by Crippen LogP contribution is 2.41. The molecule has 0 saturated carbocycles. The molecular weight excluding hydrogens is 583 g/mol. The van der Waals surface area contributed by atoms with Crippen LogP contribution in [0.2, 0.25) is 0 Å². The van der Waals surface area contributed by atoms with Crippen LogP contribution in [-0.2, 0) is 5.75 Å². The predicted molar refractivity (Wildman–Crippen MR) is 162 cm³/mol. The van der Waals surface area contributed by atoms with Crippen molar-refractivity contribution in [3.63, 3.8) is 0 Å². The number of fused-ring (bicyclic) bond motifs is 2. The van der Waals surface area contributed by atoms with Crippen LogP contribution in [0, 0.1) is 0 Å². The zero-order valence-electron chi connectivity index (χ0n) is 23.4. The van der Waals surface area contributed by atoms with Crippen LogP contribution in [0.4, 0.5) is 5.69 Å². The number of carbonyl (C=O) groups is 3. The van der Waals surface area contributed by atoms with Gasteiger partial charge in [0, 0.05) is 27.1 Å². The summed E-state index contributed by atoms with van der Waals surface area (Å²) in [5.41, 5.74) is 1.80. The molecule has 0 unspecified atom stereocenters. The summed E-state index contributed by atoms with van der Waals surface area (Å²) < 4.78 is 5.36. The minimum absolute atomic E-state index is 0.143. The lowest BCUT2D eigenvalue weighted by Crippen LogP contribution is -2.39. The lowest BCUT2D eigenvalue weighted by atomic mass is 10.1. The molecule has 43 heavy (non-hydrogen) atoms. The predicted octanol–water partition coefficient (Wildman–Crippen LogP) is 7.52. The average Bonchev–Trinajstić information content (AvgIpc) is 3.70. The highest BCUT2D eigenvalue weighted by molar-refractivity contribution is 7.99. The summed E-state index contributed by atoms with van der Waals surface area (Å²) in [6.45, 7) is 3.88. The molecule has 1 aliphatic heterocycles. The van der Waals surface area contributed by atoms with Crippen molar-refractivity contribution in [2.24, 2.45) is 10.2 Å². The van der Waals surface area contributed by atoms with Gasteiger partial charge in [-0.3, -0.25) is 19.3 Å². The van der Waals surface area contributed by atoms with Crippen molar-refractivity contribution >= 4 is 52.6 Å². The number of amides is 2. The second-order valence-corrected chi connectivity index (χ2v) is 12.1. The van der Waals surface area contributed by atoms with E-state index in [4.69, 9.17) is 4.42 Å². The fourth-order valence-electron chi connectivity index (χ4n) is 5.22. The Morgan fingerprint density at radius 3 is 2.35 bits per heavy atom. The van der Waals surface area contributed by atoms with Crippen molar-refractivity contribution in [2.45, 2.75) is 53.4 Å². The van der Waals surface area contributed by atoms with Crippen molar-refractivity contribution in [1.82, 2.24) is 4.90 Å². The fraction of sp³-hybridized carbons (Fsp3) is 0.182. The van der Waals surface area contributed by atoms with E-state index >= 15 is 0 Å². The van der Waals surface area contributed by atoms with E-state index < -0.39 is 17.4 Å². The molecule has 0 saturated heterocycles. The summed E-state index contributed by atoms with van der Waals surface area (Å²) in [7, 11) is 0. The maximum atomic E-state index is 13.7. The van der Waals surface area contributed by atoms with E-state index in [0.717, 1.165) is 10.5 Å². The average molecular weight is 609 g/mol. The van der Waals surface area contributed by atoms with Gasteiger partial charge in [-0.15, -0.1) is 22.0 Å². The molecule has 1 aromatic heterocycles. The largest absolute Gasteiger partial charge is 0.870 e. The van der Waals surface area contributed by atoms with Crippen molar-refractivity contribution < 1.29 is 23.9 Å². The molecule has 0 atom stereocenters. The second kappa shape index (κ2) is 12.1. The van der Waals surface area contributed by atoms with Gasteiger partial charge in [-0.25, -0.2) is 0 Å². The van der Waals surface area contributed by atoms with E-state index in [9.17, 15) is 19.5 Å². The van der Waals surface area contributed by atoms with E-state index in [-0.39, 0.29) is 45.6 Å². The molecule has 0 N–H and O–H groups in total. The number of thioether (sulfide) groups is 1. The highest BCUT2D eigenvalue weighted by atomic mass is 32.2. The Labute approximate surface area is 256 Å². The molecule has 0 bridgehead atoms. The molecule has 0 radical (unpaired) electrons. The first-order valence-corrected chi connectivity index (χ1v) is 15.7. The lowest BCUT2D eigenvalue weighted by molar-refractivity contribution is -0.244. The third-order valence-electron chi connectivity index (χ3n) is 7.44. The first kappa shape index (κ1) is 28.7. The quantitative estimate of drug-likeness (QED) is 0.104. The van der Waals surface area contributed by atoms with Crippen molar-refractivity contribution in [2.75, 3.05) is 0 Å². The number of imide groups is 1. The van der Waals surface area contributed by atoms with Crippen LogP contribution in [-0.4, -0.2) is 28.5 Å². The second-order valence-electron chi connectivity index (χ2n) is 10.0. The Balaban J connectivity index is 1.35. The summed E-state index contributed by atoms with van der Waals surface area (Å²) in [6.07, 6.45) is 2.79. The molecule has 2 aliphatic rings. The molecule has 0 spiro atoms. The first-order chi connectivity index (χ1) is 20.9. The molecule has 8 nitrogen and oxygen atoms in total. The Morgan fingerprint density at radius 1 is 0.860 bits per heavy atom. The van der Waals surface area contributed by atoms with Gasteiger partial charge in [-0.05, 0) is 66.4 Å². The van der Waals surface area contributed by atoms with Crippen LogP contribution < -0.4 is 5.11 Å². The maximum Gasteiger partial charge on any atom is 0.264 e. The number of Topliss-reactive ketones (excluding diaryl/α,β-unsaturated/α-hetero) is 1. The minimum atomic E-state index is -0.543. The topological polar surface area (TPSA) is 115 Å². The zero-order valence-corrected chi connectivity index (χ0v) is 25.0. The SMILES string of the molecule is CCC(CC)N1C(=O)c2c(N=NC3=C([O-])c4cc(Sc5ccco5)ccc4C3=O)ccc(SCc3ccccc3)c2C1=O. The molecule has 216 valence electrons. The Hall–Kier alpha value is -4.41. The van der Waals surface area contributed by atoms with Gasteiger partial charge in [0.15, 0.2) is 5.09 Å². The molecule has 0 fully saturated rings. The van der Waals surface area contributed by atoms with Crippen molar-refractivity contribution in [3.8, 4) is 0 Å². The van der Waals surface area contributed by atoms with Gasteiger partial charge in [0.25, 0.3) is 11.8 Å². The fourth-order valence-corrected chi connectivity index (χ4v) is 7.03. The number of allylic oxidation sites excluding steroid dienone is 1. The highest BCUT2D eigenvalue weighted by Gasteiger charge is 2.42.